The minimum atomic E-state index is -4.51. The molecule has 1 fully saturated rings. The summed E-state index contributed by atoms with van der Waals surface area (Å²) in [5, 5.41) is 2.81. The lowest BCUT2D eigenvalue weighted by molar-refractivity contribution is -0.138. The van der Waals surface area contributed by atoms with Gasteiger partial charge in [0.05, 0.1) is 28.2 Å². The summed E-state index contributed by atoms with van der Waals surface area (Å²) in [6.07, 6.45) is -7.87. The number of hydrogen-bond donors (Lipinski definition) is 1. The number of pyridine rings is 2. The van der Waals surface area contributed by atoms with E-state index in [2.05, 4.69) is 15.3 Å². The van der Waals surface area contributed by atoms with Gasteiger partial charge in [0.2, 0.25) is 0 Å². The number of alkyl halides is 6. The molecule has 0 bridgehead atoms. The number of benzene rings is 2. The van der Waals surface area contributed by atoms with E-state index in [1.807, 2.05) is 4.90 Å². The van der Waals surface area contributed by atoms with Gasteiger partial charge in [-0.3, -0.25) is 9.88 Å². The van der Waals surface area contributed by atoms with E-state index < -0.39 is 29.5 Å². The van der Waals surface area contributed by atoms with Crippen LogP contribution < -0.4 is 15.1 Å². The summed E-state index contributed by atoms with van der Waals surface area (Å²) in [4.78, 5) is 25.4. The van der Waals surface area contributed by atoms with Gasteiger partial charge in [0.15, 0.2) is 5.82 Å². The Hall–Kier alpha value is -4.61. The first-order valence-corrected chi connectivity index (χ1v) is 12.2. The van der Waals surface area contributed by atoms with Crippen LogP contribution in [0.3, 0.4) is 0 Å². The number of carbonyl (C=O) groups excluding carboxylic acids is 1. The Bertz CT molecular complexity index is 1600. The van der Waals surface area contributed by atoms with Crippen LogP contribution in [-0.4, -0.2) is 28.7 Å². The van der Waals surface area contributed by atoms with E-state index in [4.69, 9.17) is 0 Å². The SMILES string of the molecule is O=C(Nc1cccc(-c2ccc(C(F)(F)F)cn2)c1)N1c2nc(-c3cccc(C(F)(F)F)c3)ccc2N2CCC21. The van der Waals surface area contributed by atoms with Crippen LogP contribution in [0.2, 0.25) is 0 Å². The molecule has 6 nitrogen and oxygen atoms in total. The van der Waals surface area contributed by atoms with Gasteiger partial charge in [-0.05, 0) is 48.5 Å². The van der Waals surface area contributed by atoms with Gasteiger partial charge < -0.3 is 10.2 Å². The Balaban J connectivity index is 1.27. The second-order valence-corrected chi connectivity index (χ2v) is 9.39. The number of urea groups is 1. The number of fused-ring (bicyclic) bond motifs is 3. The monoisotopic (exact) mass is 555 g/mol. The topological polar surface area (TPSA) is 61.4 Å². The molecule has 4 heterocycles. The van der Waals surface area contributed by atoms with Gasteiger partial charge >= 0.3 is 18.4 Å². The first-order valence-electron chi connectivity index (χ1n) is 12.2. The van der Waals surface area contributed by atoms with Crippen molar-refractivity contribution >= 4 is 23.2 Å². The smallest absolute Gasteiger partial charge is 0.347 e. The zero-order valence-corrected chi connectivity index (χ0v) is 20.5. The second-order valence-electron chi connectivity index (χ2n) is 9.39. The molecule has 2 aromatic heterocycles. The van der Waals surface area contributed by atoms with Crippen molar-refractivity contribution < 1.29 is 31.1 Å². The highest BCUT2D eigenvalue weighted by atomic mass is 19.4. The average molecular weight is 555 g/mol. The molecule has 0 saturated carbocycles. The molecule has 1 atom stereocenters. The molecule has 2 aromatic carbocycles. The normalized spacial score (nSPS) is 16.3. The molecular formula is C28H19F6N5O. The van der Waals surface area contributed by atoms with E-state index in [-0.39, 0.29) is 11.7 Å². The Morgan fingerprint density at radius 2 is 1.52 bits per heavy atom. The Morgan fingerprint density at radius 3 is 2.17 bits per heavy atom. The van der Waals surface area contributed by atoms with Gasteiger partial charge in [-0.25, -0.2) is 9.78 Å². The van der Waals surface area contributed by atoms with Gasteiger partial charge in [0.1, 0.15) is 6.17 Å². The number of carbonyl (C=O) groups is 1. The number of rotatable bonds is 3. The molecule has 0 radical (unpaired) electrons. The zero-order valence-electron chi connectivity index (χ0n) is 20.5. The highest BCUT2D eigenvalue weighted by molar-refractivity contribution is 6.06. The number of aromatic nitrogens is 2. The highest BCUT2D eigenvalue weighted by Crippen LogP contribution is 2.45. The third-order valence-corrected chi connectivity index (χ3v) is 6.88. The van der Waals surface area contributed by atoms with Crippen LogP contribution in [0.4, 0.5) is 48.3 Å². The first kappa shape index (κ1) is 25.7. The average Bonchev–Trinajstić information content (AvgIpc) is 3.13. The number of hydrogen-bond acceptors (Lipinski definition) is 4. The quantitative estimate of drug-likeness (QED) is 0.267. The molecule has 1 saturated heterocycles. The molecule has 204 valence electrons. The summed E-state index contributed by atoms with van der Waals surface area (Å²) in [6.45, 7) is 0.696. The molecule has 0 aliphatic carbocycles. The molecule has 2 amide bonds. The molecule has 40 heavy (non-hydrogen) atoms. The van der Waals surface area contributed by atoms with E-state index in [0.29, 0.717) is 47.1 Å². The summed E-state index contributed by atoms with van der Waals surface area (Å²) in [7, 11) is 0. The van der Waals surface area contributed by atoms with Crippen LogP contribution in [0, 0.1) is 0 Å². The van der Waals surface area contributed by atoms with E-state index in [1.54, 1.807) is 36.4 Å². The second kappa shape index (κ2) is 9.25. The summed E-state index contributed by atoms with van der Waals surface area (Å²) in [5.74, 6) is 0.329. The summed E-state index contributed by atoms with van der Waals surface area (Å²) >= 11 is 0. The minimum Gasteiger partial charge on any atom is -0.347 e. The summed E-state index contributed by atoms with van der Waals surface area (Å²) in [6, 6.07) is 16.4. The Kier molecular flexibility index (Phi) is 5.93. The molecule has 1 unspecified atom stereocenters. The fourth-order valence-electron chi connectivity index (χ4n) is 4.83. The predicted octanol–water partition coefficient (Wildman–Crippen LogP) is 7.44. The number of halogens is 6. The molecule has 12 heteroatoms. The lowest BCUT2D eigenvalue weighted by Crippen LogP contribution is -2.56. The Labute approximate surface area is 223 Å². The molecule has 6 rings (SSSR count). The van der Waals surface area contributed by atoms with Crippen molar-refractivity contribution in [2.45, 2.75) is 24.9 Å². The van der Waals surface area contributed by atoms with Crippen molar-refractivity contribution in [3.8, 4) is 22.5 Å². The van der Waals surface area contributed by atoms with Gasteiger partial charge in [-0.2, -0.15) is 26.3 Å². The lowest BCUT2D eigenvalue weighted by Gasteiger charge is -2.39. The van der Waals surface area contributed by atoms with Gasteiger partial charge in [0, 0.05) is 36.0 Å². The van der Waals surface area contributed by atoms with Crippen molar-refractivity contribution in [3.63, 3.8) is 0 Å². The van der Waals surface area contributed by atoms with E-state index in [9.17, 15) is 31.1 Å². The lowest BCUT2D eigenvalue weighted by atomic mass is 10.1. The number of nitrogens with zero attached hydrogens (tertiary/aromatic N) is 4. The molecule has 0 spiro atoms. The van der Waals surface area contributed by atoms with E-state index >= 15 is 0 Å². The van der Waals surface area contributed by atoms with Crippen molar-refractivity contribution in [2.24, 2.45) is 0 Å². The number of amides is 2. The maximum absolute atomic E-state index is 13.5. The van der Waals surface area contributed by atoms with Gasteiger partial charge in [0.25, 0.3) is 0 Å². The maximum Gasteiger partial charge on any atom is 0.417 e. The Morgan fingerprint density at radius 1 is 0.825 bits per heavy atom. The molecule has 4 aromatic rings. The standard InChI is InChI=1S/C28H19F6N5O/c29-27(30,31)18-5-1-3-16(13-18)22-9-10-23-25(37-22)39(24-11-12-38(23)24)26(40)36-20-6-2-4-17(14-20)21-8-7-19(15-35-21)28(32,33)34/h1-10,13-15,24H,11-12H2,(H,36,40). The van der Waals surface area contributed by atoms with Crippen molar-refractivity contribution in [3.05, 3.63) is 90.1 Å². The van der Waals surface area contributed by atoms with Crippen LogP contribution in [-0.2, 0) is 12.4 Å². The third-order valence-electron chi connectivity index (χ3n) is 6.88. The molecule has 2 aliphatic heterocycles. The van der Waals surface area contributed by atoms with Crippen molar-refractivity contribution in [1.29, 1.82) is 0 Å². The first-order chi connectivity index (χ1) is 19.0. The van der Waals surface area contributed by atoms with E-state index in [0.717, 1.165) is 24.4 Å². The largest absolute Gasteiger partial charge is 0.417 e. The van der Waals surface area contributed by atoms with E-state index in [1.165, 1.54) is 23.1 Å². The fraction of sp³-hybridized carbons (Fsp3) is 0.179. The van der Waals surface area contributed by atoms with Gasteiger partial charge in [-0.1, -0.05) is 24.3 Å². The number of anilines is 3. The van der Waals surface area contributed by atoms with Gasteiger partial charge in [-0.15, -0.1) is 0 Å². The third kappa shape index (κ3) is 4.59. The summed E-state index contributed by atoms with van der Waals surface area (Å²) in [5.41, 5.74) is 0.784. The van der Waals surface area contributed by atoms with Crippen molar-refractivity contribution in [1.82, 2.24) is 9.97 Å². The van der Waals surface area contributed by atoms with Crippen LogP contribution in [0.5, 0.6) is 0 Å². The van der Waals surface area contributed by atoms with Crippen molar-refractivity contribution in [2.75, 3.05) is 21.7 Å². The predicted molar refractivity (Wildman–Crippen MR) is 137 cm³/mol. The van der Waals surface area contributed by atoms with Crippen LogP contribution in [0.15, 0.2) is 79.0 Å². The molecule has 1 N–H and O–H groups in total. The van der Waals surface area contributed by atoms with Crippen LogP contribution in [0.25, 0.3) is 22.5 Å². The van der Waals surface area contributed by atoms with Crippen LogP contribution in [0.1, 0.15) is 17.5 Å². The fourth-order valence-corrected chi connectivity index (χ4v) is 4.83. The highest BCUT2D eigenvalue weighted by Gasteiger charge is 2.46. The molecular weight excluding hydrogens is 536 g/mol. The maximum atomic E-state index is 13.5. The minimum absolute atomic E-state index is 0.268. The summed E-state index contributed by atoms with van der Waals surface area (Å²) < 4.78 is 78.4. The molecule has 2 aliphatic rings. The van der Waals surface area contributed by atoms with Crippen LogP contribution >= 0.6 is 0 Å². The number of nitrogens with one attached hydrogen (secondary N) is 1. The zero-order chi connectivity index (χ0) is 28.2.